The van der Waals surface area contributed by atoms with E-state index in [9.17, 15) is 27.5 Å². The van der Waals surface area contributed by atoms with Gasteiger partial charge in [0.05, 0.1) is 17.1 Å². The summed E-state index contributed by atoms with van der Waals surface area (Å²) in [5.74, 6) is -1.73. The first-order chi connectivity index (χ1) is 23.6. The Bertz CT molecular complexity index is 1850. The van der Waals surface area contributed by atoms with Gasteiger partial charge in [0, 0.05) is 24.2 Å². The molecule has 2 heterocycles. The fourth-order valence-electron chi connectivity index (χ4n) is 7.15. The summed E-state index contributed by atoms with van der Waals surface area (Å²) >= 11 is 0. The Labute approximate surface area is 287 Å². The van der Waals surface area contributed by atoms with Gasteiger partial charge >= 0.3 is 12.4 Å². The van der Waals surface area contributed by atoms with Crippen molar-refractivity contribution in [2.24, 2.45) is 5.41 Å². The lowest BCUT2D eigenvalue weighted by Crippen LogP contribution is -2.47. The molecule has 12 heteroatoms. The average Bonchev–Trinajstić information content (AvgIpc) is 3.38. The second-order valence-corrected chi connectivity index (χ2v) is 14.2. The maximum Gasteiger partial charge on any atom is 0.573 e. The van der Waals surface area contributed by atoms with Gasteiger partial charge in [0.15, 0.2) is 11.6 Å². The molecular weight excluding hydrogens is 655 g/mol. The molecule has 1 spiro atoms. The summed E-state index contributed by atoms with van der Waals surface area (Å²) in [6, 6.07) is 19.3. The van der Waals surface area contributed by atoms with Crippen molar-refractivity contribution in [3.63, 3.8) is 0 Å². The van der Waals surface area contributed by atoms with Gasteiger partial charge in [-0.1, -0.05) is 57.2 Å². The van der Waals surface area contributed by atoms with Crippen molar-refractivity contribution in [1.29, 1.82) is 0 Å². The number of rotatable bonds is 7. The van der Waals surface area contributed by atoms with Gasteiger partial charge in [0.1, 0.15) is 12.4 Å². The van der Waals surface area contributed by atoms with Crippen LogP contribution < -0.4 is 20.3 Å². The Kier molecular flexibility index (Phi) is 9.43. The Morgan fingerprint density at radius 2 is 1.60 bits per heavy atom. The molecule has 2 aliphatic rings. The number of hydrogen-bond donors (Lipinski definition) is 3. The number of phenols is 1. The number of piperidine rings is 1. The van der Waals surface area contributed by atoms with Crippen LogP contribution >= 0.6 is 0 Å². The number of carbonyl (C=O) groups excluding carboxylic acids is 1. The zero-order chi connectivity index (χ0) is 35.8. The normalized spacial score (nSPS) is 16.0. The van der Waals surface area contributed by atoms with Crippen molar-refractivity contribution in [3.05, 3.63) is 95.8 Å². The van der Waals surface area contributed by atoms with E-state index in [1.165, 1.54) is 18.2 Å². The number of alkyl halides is 4. The molecule has 7 nitrogen and oxygen atoms in total. The van der Waals surface area contributed by atoms with Gasteiger partial charge in [0.2, 0.25) is 0 Å². The van der Waals surface area contributed by atoms with Crippen LogP contribution in [0.2, 0.25) is 0 Å². The molecule has 0 aromatic heterocycles. The summed E-state index contributed by atoms with van der Waals surface area (Å²) in [6.07, 6.45) is -3.38. The minimum Gasteiger partial charge on any atom is -0.503 e. The maximum absolute atomic E-state index is 15.7. The quantitative estimate of drug-likeness (QED) is 0.168. The van der Waals surface area contributed by atoms with Crippen LogP contribution in [0.1, 0.15) is 44.7 Å². The van der Waals surface area contributed by atoms with E-state index in [1.807, 2.05) is 4.90 Å². The van der Waals surface area contributed by atoms with Crippen molar-refractivity contribution in [2.45, 2.75) is 52.1 Å². The summed E-state index contributed by atoms with van der Waals surface area (Å²) in [5, 5.41) is 16.9. The second kappa shape index (κ2) is 13.5. The van der Waals surface area contributed by atoms with Crippen molar-refractivity contribution < 1.29 is 36.6 Å². The molecule has 50 heavy (non-hydrogen) atoms. The number of aromatic hydroxyl groups is 1. The molecule has 0 saturated carbocycles. The highest BCUT2D eigenvalue weighted by Gasteiger charge is 2.49. The lowest BCUT2D eigenvalue weighted by Gasteiger charge is -2.42. The third-order valence-electron chi connectivity index (χ3n) is 9.21. The Hall–Kier alpha value is -4.84. The number of likely N-dealkylation sites (tertiary alicyclic amines) is 1. The largest absolute Gasteiger partial charge is 0.573 e. The summed E-state index contributed by atoms with van der Waals surface area (Å²) in [5.41, 5.74) is 3.66. The summed E-state index contributed by atoms with van der Waals surface area (Å²) in [4.78, 5) is 17.5. The van der Waals surface area contributed by atoms with Gasteiger partial charge in [-0.25, -0.2) is 13.6 Å². The van der Waals surface area contributed by atoms with E-state index in [-0.39, 0.29) is 11.1 Å². The monoisotopic (exact) mass is 694 g/mol. The van der Waals surface area contributed by atoms with E-state index in [0.717, 1.165) is 50.2 Å². The summed E-state index contributed by atoms with van der Waals surface area (Å²) in [6.45, 7) is 8.85. The highest BCUT2D eigenvalue weighted by molar-refractivity contribution is 6.03. The van der Waals surface area contributed by atoms with Crippen LogP contribution in [0.15, 0.2) is 78.9 Å². The van der Waals surface area contributed by atoms with Crippen LogP contribution in [0.3, 0.4) is 0 Å². The molecule has 3 N–H and O–H groups in total. The predicted octanol–water partition coefficient (Wildman–Crippen LogP) is 9.74. The molecule has 0 aliphatic carbocycles. The Balaban J connectivity index is 1.36. The molecular formula is C38H39F5N4O3. The standard InChI is InChI=1S/C38H39F5N4O3/c1-36(2,3)22-46-18-16-37(17-19-46)23-47(33-32(37)28(20-29(40)34(33)48)25-10-8-24(21-39)9-11-25)31-7-5-4-6-30(31)45-35(49)44-26-12-14-27(15-13-26)50-38(41,42)43/h4-15,20,48H,16-19,21-23H2,1-3H3,(H2,44,45,49). The fourth-order valence-corrected chi connectivity index (χ4v) is 7.15. The predicted molar refractivity (Wildman–Crippen MR) is 184 cm³/mol. The summed E-state index contributed by atoms with van der Waals surface area (Å²) < 4.78 is 70.8. The number of hydrogen-bond acceptors (Lipinski definition) is 5. The van der Waals surface area contributed by atoms with Crippen LogP contribution in [0, 0.1) is 11.2 Å². The highest BCUT2D eigenvalue weighted by atomic mass is 19.4. The minimum absolute atomic E-state index is 0.0961. The zero-order valence-corrected chi connectivity index (χ0v) is 28.0. The van der Waals surface area contributed by atoms with Gasteiger partial charge in [0.25, 0.3) is 0 Å². The third-order valence-corrected chi connectivity index (χ3v) is 9.21. The van der Waals surface area contributed by atoms with Gasteiger partial charge in [-0.3, -0.25) is 0 Å². The van der Waals surface area contributed by atoms with Crippen LogP contribution in [0.5, 0.6) is 11.5 Å². The van der Waals surface area contributed by atoms with Crippen molar-refractivity contribution in [1.82, 2.24) is 4.90 Å². The molecule has 0 radical (unpaired) electrons. The molecule has 0 bridgehead atoms. The maximum atomic E-state index is 15.7. The lowest BCUT2D eigenvalue weighted by atomic mass is 9.71. The highest BCUT2D eigenvalue weighted by Crippen LogP contribution is 2.58. The number of carbonyl (C=O) groups is 1. The number of fused-ring (bicyclic) bond motifs is 2. The molecule has 6 rings (SSSR count). The molecule has 4 aromatic carbocycles. The molecule has 0 atom stereocenters. The Morgan fingerprint density at radius 3 is 2.22 bits per heavy atom. The van der Waals surface area contributed by atoms with Gasteiger partial charge in [-0.05, 0) is 96.1 Å². The number of phenolic OH excluding ortho intramolecular Hbond substituents is 1. The van der Waals surface area contributed by atoms with E-state index in [4.69, 9.17) is 0 Å². The van der Waals surface area contributed by atoms with E-state index in [0.29, 0.717) is 40.3 Å². The number of ether oxygens (including phenoxy) is 1. The van der Waals surface area contributed by atoms with Crippen LogP contribution in [0.25, 0.3) is 11.1 Å². The zero-order valence-electron chi connectivity index (χ0n) is 28.0. The Morgan fingerprint density at radius 1 is 0.940 bits per heavy atom. The second-order valence-electron chi connectivity index (χ2n) is 14.2. The molecule has 0 unspecified atom stereocenters. The van der Waals surface area contributed by atoms with Gasteiger partial charge < -0.3 is 30.3 Å². The van der Waals surface area contributed by atoms with Gasteiger partial charge in [-0.15, -0.1) is 13.2 Å². The van der Waals surface area contributed by atoms with Crippen LogP contribution in [-0.4, -0.2) is 48.6 Å². The fraction of sp³-hybridized carbons (Fsp3) is 0.342. The number of nitrogens with zero attached hydrogens (tertiary/aromatic N) is 2. The van der Waals surface area contributed by atoms with Crippen molar-refractivity contribution >= 4 is 28.8 Å². The number of halogens is 5. The molecule has 264 valence electrons. The number of benzene rings is 4. The van der Waals surface area contributed by atoms with Gasteiger partial charge in [-0.2, -0.15) is 0 Å². The number of amides is 2. The van der Waals surface area contributed by atoms with E-state index in [2.05, 4.69) is 41.0 Å². The first-order valence-corrected chi connectivity index (χ1v) is 16.4. The first kappa shape index (κ1) is 35.0. The summed E-state index contributed by atoms with van der Waals surface area (Å²) in [7, 11) is 0. The van der Waals surface area contributed by atoms with Crippen LogP contribution in [0.4, 0.5) is 49.5 Å². The number of urea groups is 1. The van der Waals surface area contributed by atoms with E-state index < -0.39 is 41.8 Å². The lowest BCUT2D eigenvalue weighted by molar-refractivity contribution is -0.274. The first-order valence-electron chi connectivity index (χ1n) is 16.4. The number of anilines is 4. The van der Waals surface area contributed by atoms with Crippen molar-refractivity contribution in [2.75, 3.05) is 41.7 Å². The number of nitrogens with one attached hydrogen (secondary N) is 2. The molecule has 1 fully saturated rings. The third kappa shape index (κ3) is 7.50. The van der Waals surface area contributed by atoms with E-state index >= 15 is 4.39 Å². The molecule has 2 aliphatic heterocycles. The molecule has 4 aromatic rings. The van der Waals surface area contributed by atoms with Crippen molar-refractivity contribution in [3.8, 4) is 22.6 Å². The average molecular weight is 695 g/mol. The van der Waals surface area contributed by atoms with Crippen LogP contribution in [-0.2, 0) is 12.1 Å². The SMILES string of the molecule is CC(C)(C)CN1CCC2(CC1)CN(c1ccccc1NC(=O)Nc1ccc(OC(F)(F)F)cc1)c1c(O)c(F)cc(-c3ccc(CF)cc3)c12. The molecule has 2 amide bonds. The topological polar surface area (TPSA) is 77.1 Å². The minimum atomic E-state index is -4.84. The molecule has 1 saturated heterocycles. The smallest absolute Gasteiger partial charge is 0.503 e. The van der Waals surface area contributed by atoms with E-state index in [1.54, 1.807) is 48.5 Å². The number of para-hydroxylation sites is 2.